The number of carbonyl (C=O) groups is 2. The molecule has 2 rings (SSSR count). The number of carbonyl (C=O) groups excluding carboxylic acids is 2. The molecule has 31 heavy (non-hydrogen) atoms. The van der Waals surface area contributed by atoms with E-state index in [1.807, 2.05) is 78.1 Å². The number of aryl methyl sites for hydroxylation is 1. The van der Waals surface area contributed by atoms with Crippen molar-refractivity contribution in [1.82, 2.24) is 0 Å². The van der Waals surface area contributed by atoms with Crippen LogP contribution in [0.25, 0.3) is 0 Å². The van der Waals surface area contributed by atoms with Crippen molar-refractivity contribution in [2.45, 2.75) is 61.5 Å². The summed E-state index contributed by atoms with van der Waals surface area (Å²) in [7, 11) is 3.14. The summed E-state index contributed by atoms with van der Waals surface area (Å²) in [4.78, 5) is 20.8. The van der Waals surface area contributed by atoms with Gasteiger partial charge in [0.25, 0.3) is 0 Å². The Morgan fingerprint density at radius 1 is 0.935 bits per heavy atom. The molecule has 0 aliphatic rings. The average Bonchev–Trinajstić information content (AvgIpc) is 2.82. The molecule has 0 heterocycles. The van der Waals surface area contributed by atoms with Gasteiger partial charge >= 0.3 is 6.16 Å². The maximum Gasteiger partial charge on any atom is 0.513 e. The maximum atomic E-state index is 10.6. The smallest absolute Gasteiger partial charge is 0.437 e. The van der Waals surface area contributed by atoms with Crippen molar-refractivity contribution in [3.05, 3.63) is 59.7 Å². The summed E-state index contributed by atoms with van der Waals surface area (Å²) in [6.07, 6.45) is 0.686. The average molecular weight is 436 g/mol. The lowest BCUT2D eigenvalue weighted by atomic mass is 10.2. The van der Waals surface area contributed by atoms with Gasteiger partial charge in [-0.3, -0.25) is 4.79 Å². The van der Waals surface area contributed by atoms with E-state index in [0.717, 1.165) is 16.8 Å². The summed E-state index contributed by atoms with van der Waals surface area (Å²) in [6, 6.07) is 14.8. The van der Waals surface area contributed by atoms with Gasteiger partial charge in [0.15, 0.2) is 0 Å². The van der Waals surface area contributed by atoms with Crippen LogP contribution >= 0.6 is 0 Å². The van der Waals surface area contributed by atoms with E-state index in [-0.39, 0.29) is 14.0 Å². The molecule has 2 aromatic carbocycles. The van der Waals surface area contributed by atoms with Gasteiger partial charge in [0.1, 0.15) is 11.5 Å². The standard InChI is InChI=1S/C9H10O3.C8H11NO.C5H10O.C2H6.CH4/c1-7-3-5-8(6-4-7)12-9(10)11-2;1-9-8-4-2-7(6-10)3-5-8;1-3-5(6)4-2;1-2;/h3-6H,1-2H3;2-5,9-10H,6H2,1H3;3-4H2,1-2H3;1-2H3;1H4. The maximum absolute atomic E-state index is 10.6. The number of methoxy groups -OCH3 is 1. The fourth-order valence-electron chi connectivity index (χ4n) is 1.77. The third-order valence-electron chi connectivity index (χ3n) is 3.60. The number of benzene rings is 2. The second-order valence-electron chi connectivity index (χ2n) is 5.72. The van der Waals surface area contributed by atoms with Gasteiger partial charge in [-0.15, -0.1) is 0 Å². The molecule has 2 N–H and O–H groups in total. The topological polar surface area (TPSA) is 84.9 Å². The highest BCUT2D eigenvalue weighted by Crippen LogP contribution is 2.11. The first-order valence-electron chi connectivity index (χ1n) is 10.1. The van der Waals surface area contributed by atoms with Gasteiger partial charge < -0.3 is 19.9 Å². The van der Waals surface area contributed by atoms with Crippen LogP contribution in [0.5, 0.6) is 5.75 Å². The Kier molecular flexibility index (Phi) is 23.1. The summed E-state index contributed by atoms with van der Waals surface area (Å²) in [5, 5.41) is 11.7. The molecule has 0 spiro atoms. The molecular weight excluding hydrogens is 394 g/mol. The number of rotatable bonds is 5. The minimum absolute atomic E-state index is 0. The second-order valence-corrected chi connectivity index (χ2v) is 5.72. The lowest BCUT2D eigenvalue weighted by Crippen LogP contribution is -2.06. The number of anilines is 1. The van der Waals surface area contributed by atoms with Gasteiger partial charge in [0.2, 0.25) is 0 Å². The lowest BCUT2D eigenvalue weighted by molar-refractivity contribution is -0.118. The van der Waals surface area contributed by atoms with E-state index >= 15 is 0 Å². The van der Waals surface area contributed by atoms with Crippen molar-refractivity contribution in [2.24, 2.45) is 0 Å². The number of aliphatic hydroxyl groups is 1. The van der Waals surface area contributed by atoms with Crippen molar-refractivity contribution < 1.29 is 24.2 Å². The molecule has 0 saturated heterocycles. The zero-order chi connectivity index (χ0) is 23.4. The van der Waals surface area contributed by atoms with Gasteiger partial charge in [0, 0.05) is 25.6 Å². The van der Waals surface area contributed by atoms with Crippen molar-refractivity contribution in [3.63, 3.8) is 0 Å². The van der Waals surface area contributed by atoms with Gasteiger partial charge in [-0.25, -0.2) is 4.79 Å². The number of aliphatic hydroxyl groups excluding tert-OH is 1. The highest BCUT2D eigenvalue weighted by Gasteiger charge is 2.01. The van der Waals surface area contributed by atoms with Crippen LogP contribution < -0.4 is 10.1 Å². The molecule has 0 aromatic heterocycles. The molecule has 0 aliphatic carbocycles. The molecule has 176 valence electrons. The van der Waals surface area contributed by atoms with Crippen LogP contribution in [0.2, 0.25) is 0 Å². The Morgan fingerprint density at radius 2 is 1.42 bits per heavy atom. The Balaban J connectivity index is -0.000000376. The molecule has 0 unspecified atom stereocenters. The zero-order valence-corrected chi connectivity index (χ0v) is 19.3. The minimum atomic E-state index is -0.696. The van der Waals surface area contributed by atoms with E-state index in [9.17, 15) is 9.59 Å². The summed E-state index contributed by atoms with van der Waals surface area (Å²) < 4.78 is 9.08. The fourth-order valence-corrected chi connectivity index (χ4v) is 1.77. The molecule has 6 heteroatoms. The van der Waals surface area contributed by atoms with Crippen LogP contribution in [0.3, 0.4) is 0 Å². The van der Waals surface area contributed by atoms with Gasteiger partial charge in [-0.05, 0) is 36.8 Å². The van der Waals surface area contributed by atoms with Crippen molar-refractivity contribution in [1.29, 1.82) is 0 Å². The van der Waals surface area contributed by atoms with Crippen LogP contribution in [0, 0.1) is 6.92 Å². The van der Waals surface area contributed by atoms with Crippen molar-refractivity contribution in [2.75, 3.05) is 19.5 Å². The quantitative estimate of drug-likeness (QED) is 0.417. The van der Waals surface area contributed by atoms with E-state index in [2.05, 4.69) is 10.1 Å². The Hall–Kier alpha value is -2.86. The first kappa shape index (κ1) is 32.8. The highest BCUT2D eigenvalue weighted by atomic mass is 16.7. The number of ketones is 1. The second kappa shape index (κ2) is 21.8. The van der Waals surface area contributed by atoms with Crippen LogP contribution in [-0.2, 0) is 16.1 Å². The van der Waals surface area contributed by atoms with Crippen molar-refractivity contribution in [3.8, 4) is 5.75 Å². The lowest BCUT2D eigenvalue weighted by Gasteiger charge is -2.01. The molecule has 0 aliphatic heterocycles. The minimum Gasteiger partial charge on any atom is -0.437 e. The summed E-state index contributed by atoms with van der Waals surface area (Å²) >= 11 is 0. The van der Waals surface area contributed by atoms with Crippen molar-refractivity contribution >= 4 is 17.6 Å². The predicted octanol–water partition coefficient (Wildman–Crippen LogP) is 6.40. The Morgan fingerprint density at radius 3 is 1.74 bits per heavy atom. The fraction of sp³-hybridized carbons (Fsp3) is 0.440. The predicted molar refractivity (Wildman–Crippen MR) is 130 cm³/mol. The largest absolute Gasteiger partial charge is 0.513 e. The Labute approximate surface area is 188 Å². The van der Waals surface area contributed by atoms with E-state index in [4.69, 9.17) is 9.84 Å². The number of Topliss-reactive ketones (excluding diaryl/α,β-unsaturated/α-hetero) is 1. The summed E-state index contributed by atoms with van der Waals surface area (Å²) in [5.41, 5.74) is 3.13. The molecule has 0 fully saturated rings. The normalized spacial score (nSPS) is 8.39. The SMILES string of the molecule is C.CC.CCC(=O)CC.CNc1ccc(CO)cc1.COC(=O)Oc1ccc(C)cc1. The molecule has 2 aromatic rings. The van der Waals surface area contributed by atoms with Crippen LogP contribution in [0.15, 0.2) is 48.5 Å². The van der Waals surface area contributed by atoms with E-state index in [1.165, 1.54) is 7.11 Å². The number of ether oxygens (including phenoxy) is 2. The monoisotopic (exact) mass is 435 g/mol. The summed E-state index contributed by atoms with van der Waals surface area (Å²) in [5.74, 6) is 0.836. The van der Waals surface area contributed by atoms with Gasteiger partial charge in [-0.2, -0.15) is 0 Å². The molecule has 0 bridgehead atoms. The van der Waals surface area contributed by atoms with Crippen LogP contribution in [-0.4, -0.2) is 31.2 Å². The molecule has 6 nitrogen and oxygen atoms in total. The number of hydrogen-bond donors (Lipinski definition) is 2. The third kappa shape index (κ3) is 17.7. The number of nitrogens with one attached hydrogen (secondary N) is 1. The first-order valence-corrected chi connectivity index (χ1v) is 10.1. The van der Waals surface area contributed by atoms with E-state index < -0.39 is 6.16 Å². The van der Waals surface area contributed by atoms with E-state index in [0.29, 0.717) is 24.4 Å². The van der Waals surface area contributed by atoms with E-state index in [1.54, 1.807) is 12.1 Å². The van der Waals surface area contributed by atoms with Gasteiger partial charge in [-0.1, -0.05) is 65.0 Å². The molecule has 0 saturated carbocycles. The van der Waals surface area contributed by atoms with Gasteiger partial charge in [0.05, 0.1) is 13.7 Å². The summed E-state index contributed by atoms with van der Waals surface area (Å²) in [6.45, 7) is 9.84. The highest BCUT2D eigenvalue weighted by molar-refractivity contribution is 5.77. The van der Waals surface area contributed by atoms with Crippen LogP contribution in [0.4, 0.5) is 10.5 Å². The first-order chi connectivity index (χ1) is 14.4. The molecule has 0 amide bonds. The molecule has 0 atom stereocenters. The Bertz CT molecular complexity index is 653. The van der Waals surface area contributed by atoms with Crippen LogP contribution in [0.1, 0.15) is 59.1 Å². The molecule has 0 radical (unpaired) electrons. The number of hydrogen-bond acceptors (Lipinski definition) is 6. The molecular formula is C25H41NO5. The zero-order valence-electron chi connectivity index (χ0n) is 19.3. The third-order valence-corrected chi connectivity index (χ3v) is 3.60.